The Labute approximate surface area is 197 Å². The lowest BCUT2D eigenvalue weighted by Crippen LogP contribution is -2.45. The summed E-state index contributed by atoms with van der Waals surface area (Å²) in [5, 5.41) is 2.95. The molecule has 0 radical (unpaired) electrons. The summed E-state index contributed by atoms with van der Waals surface area (Å²) in [5.74, 6) is 0.823. The van der Waals surface area contributed by atoms with Gasteiger partial charge in [-0.3, -0.25) is 14.2 Å². The number of anilines is 1. The Balaban J connectivity index is 1.42. The number of fused-ring (bicyclic) bond motifs is 1. The van der Waals surface area contributed by atoms with Crippen LogP contribution in [0.2, 0.25) is 0 Å². The van der Waals surface area contributed by atoms with Crippen molar-refractivity contribution in [3.05, 3.63) is 88.2 Å². The van der Waals surface area contributed by atoms with Crippen molar-refractivity contribution < 1.29 is 9.21 Å². The molecule has 4 heterocycles. The Bertz CT molecular complexity index is 1350. The molecule has 1 saturated heterocycles. The summed E-state index contributed by atoms with van der Waals surface area (Å²) in [5.41, 5.74) is 3.21. The number of rotatable bonds is 6. The quantitative estimate of drug-likeness (QED) is 0.478. The third-order valence-electron chi connectivity index (χ3n) is 6.25. The lowest BCUT2D eigenvalue weighted by atomic mass is 9.97. The van der Waals surface area contributed by atoms with E-state index in [9.17, 15) is 9.59 Å². The highest BCUT2D eigenvalue weighted by molar-refractivity contribution is 5.79. The molecule has 1 atom stereocenters. The molecule has 0 aliphatic carbocycles. The van der Waals surface area contributed by atoms with Gasteiger partial charge in [-0.05, 0) is 49.6 Å². The van der Waals surface area contributed by atoms with Gasteiger partial charge in [0.2, 0.25) is 5.91 Å². The van der Waals surface area contributed by atoms with Crippen molar-refractivity contribution in [1.82, 2.24) is 19.9 Å². The molecule has 1 aliphatic rings. The van der Waals surface area contributed by atoms with Gasteiger partial charge in [0.15, 0.2) is 11.5 Å². The topological polar surface area (TPSA) is 93.3 Å². The van der Waals surface area contributed by atoms with Gasteiger partial charge >= 0.3 is 0 Å². The first-order valence-electron chi connectivity index (χ1n) is 11.5. The number of carbonyl (C=O) groups is 1. The van der Waals surface area contributed by atoms with Gasteiger partial charge in [0, 0.05) is 19.3 Å². The molecule has 0 saturated carbocycles. The lowest BCUT2D eigenvalue weighted by molar-refractivity contribution is -0.125. The van der Waals surface area contributed by atoms with Crippen LogP contribution in [0.15, 0.2) is 70.2 Å². The number of benzene rings is 1. The highest BCUT2D eigenvalue weighted by Gasteiger charge is 2.29. The number of aryl methyl sites for hydroxylation is 1. The van der Waals surface area contributed by atoms with E-state index in [1.165, 1.54) is 5.56 Å². The van der Waals surface area contributed by atoms with Crippen molar-refractivity contribution in [3.63, 3.8) is 0 Å². The van der Waals surface area contributed by atoms with Crippen molar-refractivity contribution in [1.29, 1.82) is 0 Å². The van der Waals surface area contributed by atoms with Crippen LogP contribution in [0.3, 0.4) is 0 Å². The van der Waals surface area contributed by atoms with Gasteiger partial charge < -0.3 is 14.6 Å². The molecule has 1 unspecified atom stereocenters. The average molecular weight is 458 g/mol. The first-order chi connectivity index (χ1) is 16.6. The Morgan fingerprint density at radius 2 is 2.03 bits per heavy atom. The lowest BCUT2D eigenvalue weighted by Gasteiger charge is -2.32. The van der Waals surface area contributed by atoms with Crippen LogP contribution >= 0.6 is 0 Å². The maximum Gasteiger partial charge on any atom is 0.295 e. The second kappa shape index (κ2) is 9.51. The molecular formula is C26H27N5O3. The van der Waals surface area contributed by atoms with Crippen LogP contribution in [0, 0.1) is 12.8 Å². The number of pyridine rings is 1. The highest BCUT2D eigenvalue weighted by atomic mass is 16.3. The first kappa shape index (κ1) is 21.9. The predicted molar refractivity (Wildman–Crippen MR) is 130 cm³/mol. The highest BCUT2D eigenvalue weighted by Crippen LogP contribution is 2.22. The maximum atomic E-state index is 13.6. The summed E-state index contributed by atoms with van der Waals surface area (Å²) >= 11 is 0. The van der Waals surface area contributed by atoms with Crippen LogP contribution in [0.4, 0.5) is 5.82 Å². The Morgan fingerprint density at radius 1 is 1.18 bits per heavy atom. The average Bonchev–Trinajstić information content (AvgIpc) is 3.39. The van der Waals surface area contributed by atoms with E-state index in [0.29, 0.717) is 48.9 Å². The second-order valence-corrected chi connectivity index (χ2v) is 8.74. The van der Waals surface area contributed by atoms with Crippen molar-refractivity contribution in [3.8, 4) is 0 Å². The van der Waals surface area contributed by atoms with E-state index >= 15 is 0 Å². The number of aromatic nitrogens is 3. The number of furan rings is 1. The summed E-state index contributed by atoms with van der Waals surface area (Å²) in [4.78, 5) is 37.5. The first-order valence-corrected chi connectivity index (χ1v) is 11.5. The van der Waals surface area contributed by atoms with Gasteiger partial charge in [0.05, 0.1) is 25.3 Å². The second-order valence-electron chi connectivity index (χ2n) is 8.74. The number of piperidine rings is 1. The minimum absolute atomic E-state index is 0.0384. The van der Waals surface area contributed by atoms with Crippen molar-refractivity contribution in [2.75, 3.05) is 18.0 Å². The molecule has 1 N–H and O–H groups in total. The molecule has 0 bridgehead atoms. The Hall–Kier alpha value is -3.94. The molecule has 34 heavy (non-hydrogen) atoms. The molecule has 8 heteroatoms. The fourth-order valence-corrected chi connectivity index (χ4v) is 4.41. The van der Waals surface area contributed by atoms with Crippen molar-refractivity contribution >= 4 is 22.9 Å². The molecule has 8 nitrogen and oxygen atoms in total. The van der Waals surface area contributed by atoms with Gasteiger partial charge in [-0.25, -0.2) is 9.97 Å². The molecule has 1 aliphatic heterocycles. The van der Waals surface area contributed by atoms with Crippen LogP contribution in [0.25, 0.3) is 11.2 Å². The predicted octanol–water partition coefficient (Wildman–Crippen LogP) is 3.27. The fraction of sp³-hybridized carbons (Fsp3) is 0.308. The number of nitrogens with one attached hydrogen (secondary N) is 1. The standard InChI is InChI=1S/C26H27N5O3/c1-18-8-10-19(11-9-18)16-31-23-22(7-2-12-27-23)29-24(26(31)33)30-13-3-5-20(17-30)25(32)28-15-21-6-4-14-34-21/h2,4,6-12,14,20H,3,5,13,15-17H2,1H3,(H,28,32). The number of carbonyl (C=O) groups excluding carboxylic acids is 1. The van der Waals surface area contributed by atoms with E-state index < -0.39 is 0 Å². The number of amides is 1. The van der Waals surface area contributed by atoms with Gasteiger partial charge in [-0.1, -0.05) is 29.8 Å². The van der Waals surface area contributed by atoms with Gasteiger partial charge in [-0.15, -0.1) is 0 Å². The molecule has 1 fully saturated rings. The van der Waals surface area contributed by atoms with Crippen molar-refractivity contribution in [2.45, 2.75) is 32.9 Å². The minimum atomic E-state index is -0.222. The minimum Gasteiger partial charge on any atom is -0.467 e. The molecule has 3 aromatic heterocycles. The van der Waals surface area contributed by atoms with E-state index in [1.807, 2.05) is 54.3 Å². The zero-order chi connectivity index (χ0) is 23.5. The molecule has 0 spiro atoms. The van der Waals surface area contributed by atoms with E-state index in [-0.39, 0.29) is 17.4 Å². The molecule has 5 rings (SSSR count). The number of nitrogens with zero attached hydrogens (tertiary/aromatic N) is 4. The third-order valence-corrected chi connectivity index (χ3v) is 6.25. The zero-order valence-electron chi connectivity index (χ0n) is 19.1. The smallest absolute Gasteiger partial charge is 0.295 e. The molecule has 4 aromatic rings. The molecule has 1 amide bonds. The van der Waals surface area contributed by atoms with Crippen LogP contribution in [-0.4, -0.2) is 33.5 Å². The molecular weight excluding hydrogens is 430 g/mol. The van der Waals surface area contributed by atoms with Gasteiger partial charge in [0.1, 0.15) is 11.3 Å². The number of hydrogen-bond acceptors (Lipinski definition) is 6. The largest absolute Gasteiger partial charge is 0.467 e. The fourth-order valence-electron chi connectivity index (χ4n) is 4.41. The summed E-state index contributed by atoms with van der Waals surface area (Å²) in [7, 11) is 0. The Morgan fingerprint density at radius 3 is 2.82 bits per heavy atom. The van der Waals surface area contributed by atoms with Gasteiger partial charge in [0.25, 0.3) is 5.56 Å². The molecule has 1 aromatic carbocycles. The summed E-state index contributed by atoms with van der Waals surface area (Å²) in [6.45, 7) is 3.92. The summed E-state index contributed by atoms with van der Waals surface area (Å²) < 4.78 is 6.99. The third kappa shape index (κ3) is 4.57. The van der Waals surface area contributed by atoms with E-state index in [2.05, 4.69) is 15.3 Å². The van der Waals surface area contributed by atoms with Crippen LogP contribution < -0.4 is 15.8 Å². The number of hydrogen-bond donors (Lipinski definition) is 1. The summed E-state index contributed by atoms with van der Waals surface area (Å²) in [6.07, 6.45) is 4.84. The molecule has 174 valence electrons. The SMILES string of the molecule is Cc1ccc(Cn2c(=O)c(N3CCCC(C(=O)NCc4ccco4)C3)nc3cccnc32)cc1. The van der Waals surface area contributed by atoms with Crippen LogP contribution in [0.5, 0.6) is 0 Å². The maximum absolute atomic E-state index is 13.6. The monoisotopic (exact) mass is 457 g/mol. The van der Waals surface area contributed by atoms with Crippen LogP contribution in [0.1, 0.15) is 29.7 Å². The van der Waals surface area contributed by atoms with E-state index in [0.717, 1.165) is 18.4 Å². The summed E-state index contributed by atoms with van der Waals surface area (Å²) in [6, 6.07) is 15.4. The zero-order valence-corrected chi connectivity index (χ0v) is 19.1. The van der Waals surface area contributed by atoms with E-state index in [4.69, 9.17) is 4.42 Å². The normalized spacial score (nSPS) is 16.0. The van der Waals surface area contributed by atoms with Crippen molar-refractivity contribution in [2.24, 2.45) is 5.92 Å². The Kier molecular flexibility index (Phi) is 6.12. The van der Waals surface area contributed by atoms with Crippen LogP contribution in [-0.2, 0) is 17.9 Å². The van der Waals surface area contributed by atoms with E-state index in [1.54, 1.807) is 23.1 Å². The van der Waals surface area contributed by atoms with Gasteiger partial charge in [-0.2, -0.15) is 0 Å².